The molecular formula is C15H19ClN4O3. The van der Waals surface area contributed by atoms with Crippen LogP contribution < -0.4 is 9.64 Å². The minimum Gasteiger partial charge on any atom is -0.489 e. The maximum Gasteiger partial charge on any atom is 0.352 e. The van der Waals surface area contributed by atoms with Gasteiger partial charge in [-0.15, -0.1) is 0 Å². The summed E-state index contributed by atoms with van der Waals surface area (Å²) in [5, 5.41) is 12.0. The number of ether oxygens (including phenoxy) is 1. The van der Waals surface area contributed by atoms with Gasteiger partial charge in [-0.1, -0.05) is 17.7 Å². The second-order valence-electron chi connectivity index (χ2n) is 5.11. The second-order valence-corrected chi connectivity index (χ2v) is 5.50. The molecule has 0 bridgehead atoms. The quantitative estimate of drug-likeness (QED) is 0.459. The summed E-state index contributed by atoms with van der Waals surface area (Å²) >= 11 is 5.80. The van der Waals surface area contributed by atoms with Gasteiger partial charge in [-0.3, -0.25) is 10.1 Å². The molecule has 2 aromatic rings. The van der Waals surface area contributed by atoms with Crippen LogP contribution in [0.2, 0.25) is 5.15 Å². The number of halogens is 1. The van der Waals surface area contributed by atoms with Crippen molar-refractivity contribution in [2.24, 2.45) is 7.05 Å². The first kappa shape index (κ1) is 17.1. The summed E-state index contributed by atoms with van der Waals surface area (Å²) in [6.07, 6.45) is 1.67. The monoisotopic (exact) mass is 338 g/mol. The Morgan fingerprint density at radius 1 is 1.48 bits per heavy atom. The third-order valence-corrected chi connectivity index (χ3v) is 4.03. The van der Waals surface area contributed by atoms with Gasteiger partial charge in [-0.25, -0.2) is 4.98 Å². The SMILES string of the molecule is CCN(Cc1ccc(Cl)nc1)c1c([N+](=O)[O-])c(OC)c(C)n1C. The number of methoxy groups -OCH3 is 1. The lowest BCUT2D eigenvalue weighted by molar-refractivity contribution is -0.384. The Morgan fingerprint density at radius 2 is 2.17 bits per heavy atom. The van der Waals surface area contributed by atoms with Gasteiger partial charge in [0.25, 0.3) is 0 Å². The van der Waals surface area contributed by atoms with Crippen molar-refractivity contribution in [1.82, 2.24) is 9.55 Å². The molecule has 0 N–H and O–H groups in total. The van der Waals surface area contributed by atoms with E-state index in [1.165, 1.54) is 7.11 Å². The highest BCUT2D eigenvalue weighted by molar-refractivity contribution is 6.29. The maximum atomic E-state index is 11.5. The van der Waals surface area contributed by atoms with E-state index in [1.54, 1.807) is 30.8 Å². The molecule has 0 unspecified atom stereocenters. The lowest BCUT2D eigenvalue weighted by Gasteiger charge is -2.23. The number of nitro groups is 1. The molecular weight excluding hydrogens is 320 g/mol. The molecule has 2 aromatic heterocycles. The van der Waals surface area contributed by atoms with Crippen LogP contribution >= 0.6 is 11.6 Å². The van der Waals surface area contributed by atoms with Crippen LogP contribution in [0.15, 0.2) is 18.3 Å². The maximum absolute atomic E-state index is 11.5. The van der Waals surface area contributed by atoms with Gasteiger partial charge in [-0.05, 0) is 25.5 Å². The van der Waals surface area contributed by atoms with Gasteiger partial charge in [0.15, 0.2) is 5.82 Å². The van der Waals surface area contributed by atoms with Crippen LogP contribution in [0.5, 0.6) is 5.75 Å². The zero-order chi connectivity index (χ0) is 17.1. The van der Waals surface area contributed by atoms with Crippen molar-refractivity contribution in [1.29, 1.82) is 0 Å². The summed E-state index contributed by atoms with van der Waals surface area (Å²) in [6.45, 7) is 4.83. The lowest BCUT2D eigenvalue weighted by Crippen LogP contribution is -2.25. The molecule has 0 atom stereocenters. The molecule has 2 rings (SSSR count). The molecule has 0 spiro atoms. The normalized spacial score (nSPS) is 10.7. The summed E-state index contributed by atoms with van der Waals surface area (Å²) in [4.78, 5) is 17.1. The Labute approximate surface area is 139 Å². The van der Waals surface area contributed by atoms with Crippen LogP contribution in [-0.2, 0) is 13.6 Å². The molecule has 23 heavy (non-hydrogen) atoms. The van der Waals surface area contributed by atoms with E-state index in [0.29, 0.717) is 35.5 Å². The van der Waals surface area contributed by atoms with Crippen molar-refractivity contribution >= 4 is 23.1 Å². The van der Waals surface area contributed by atoms with Crippen LogP contribution in [0.1, 0.15) is 18.2 Å². The van der Waals surface area contributed by atoms with Gasteiger partial charge in [0.05, 0.1) is 17.7 Å². The number of pyridine rings is 1. The zero-order valence-electron chi connectivity index (χ0n) is 13.5. The minimum absolute atomic E-state index is 0.0173. The van der Waals surface area contributed by atoms with E-state index in [1.807, 2.05) is 17.9 Å². The number of nitrogens with zero attached hydrogens (tertiary/aromatic N) is 4. The summed E-state index contributed by atoms with van der Waals surface area (Å²) in [5.41, 5.74) is 1.61. The van der Waals surface area contributed by atoms with E-state index in [9.17, 15) is 10.1 Å². The Bertz CT molecular complexity index is 713. The number of rotatable bonds is 6. The topological polar surface area (TPSA) is 73.4 Å². The van der Waals surface area contributed by atoms with Crippen molar-refractivity contribution in [2.75, 3.05) is 18.6 Å². The average molecular weight is 339 g/mol. The molecule has 0 saturated carbocycles. The summed E-state index contributed by atoms with van der Waals surface area (Å²) in [6, 6.07) is 3.56. The van der Waals surface area contributed by atoms with Crippen molar-refractivity contribution in [3.63, 3.8) is 0 Å². The highest BCUT2D eigenvalue weighted by atomic mass is 35.5. The average Bonchev–Trinajstić information content (AvgIpc) is 2.78. The van der Waals surface area contributed by atoms with Gasteiger partial charge >= 0.3 is 5.69 Å². The van der Waals surface area contributed by atoms with E-state index in [-0.39, 0.29) is 5.69 Å². The third kappa shape index (κ3) is 3.24. The molecule has 0 fully saturated rings. The van der Waals surface area contributed by atoms with Gasteiger partial charge in [-0.2, -0.15) is 0 Å². The van der Waals surface area contributed by atoms with E-state index >= 15 is 0 Å². The van der Waals surface area contributed by atoms with Crippen LogP contribution in [-0.4, -0.2) is 28.1 Å². The van der Waals surface area contributed by atoms with Crippen molar-refractivity contribution < 1.29 is 9.66 Å². The van der Waals surface area contributed by atoms with Crippen LogP contribution in [0, 0.1) is 17.0 Å². The predicted molar refractivity (Wildman–Crippen MR) is 89.3 cm³/mol. The highest BCUT2D eigenvalue weighted by Crippen LogP contribution is 2.42. The fraction of sp³-hybridized carbons (Fsp3) is 0.400. The third-order valence-electron chi connectivity index (χ3n) is 3.81. The zero-order valence-corrected chi connectivity index (χ0v) is 14.3. The molecule has 124 valence electrons. The predicted octanol–water partition coefficient (Wildman–Crippen LogP) is 3.33. The summed E-state index contributed by atoms with van der Waals surface area (Å²) < 4.78 is 7.02. The van der Waals surface area contributed by atoms with Gasteiger partial charge < -0.3 is 14.2 Å². The first-order valence-corrected chi connectivity index (χ1v) is 7.51. The Balaban J connectivity index is 2.48. The molecule has 0 aromatic carbocycles. The van der Waals surface area contributed by atoms with E-state index in [0.717, 1.165) is 5.56 Å². The Hall–Kier alpha value is -2.28. The number of anilines is 1. The molecule has 2 heterocycles. The van der Waals surface area contributed by atoms with E-state index in [2.05, 4.69) is 4.98 Å². The van der Waals surface area contributed by atoms with Gasteiger partial charge in [0.1, 0.15) is 5.15 Å². The molecule has 0 radical (unpaired) electrons. The second kappa shape index (κ2) is 6.87. The molecule has 0 saturated heterocycles. The van der Waals surface area contributed by atoms with Crippen molar-refractivity contribution in [3.05, 3.63) is 44.9 Å². The minimum atomic E-state index is -0.399. The fourth-order valence-electron chi connectivity index (χ4n) is 2.57. The molecule has 0 aliphatic heterocycles. The van der Waals surface area contributed by atoms with Gasteiger partial charge in [0, 0.05) is 26.3 Å². The Kier molecular flexibility index (Phi) is 5.10. The Morgan fingerprint density at radius 3 is 2.65 bits per heavy atom. The molecule has 7 nitrogen and oxygen atoms in total. The van der Waals surface area contributed by atoms with Crippen molar-refractivity contribution in [2.45, 2.75) is 20.4 Å². The van der Waals surface area contributed by atoms with Gasteiger partial charge in [0.2, 0.25) is 5.75 Å². The van der Waals surface area contributed by atoms with Crippen molar-refractivity contribution in [3.8, 4) is 5.75 Å². The lowest BCUT2D eigenvalue weighted by atomic mass is 10.2. The van der Waals surface area contributed by atoms with Crippen LogP contribution in [0.4, 0.5) is 11.5 Å². The van der Waals surface area contributed by atoms with E-state index < -0.39 is 4.92 Å². The first-order chi connectivity index (χ1) is 10.9. The number of aromatic nitrogens is 2. The molecule has 0 amide bonds. The summed E-state index contributed by atoms with van der Waals surface area (Å²) in [5.74, 6) is 0.807. The highest BCUT2D eigenvalue weighted by Gasteiger charge is 2.32. The number of hydrogen-bond donors (Lipinski definition) is 0. The molecule has 0 aliphatic rings. The standard InChI is InChI=1S/C15H19ClN4O3/c1-5-19(9-11-6-7-12(16)17-8-11)15-13(20(21)22)14(23-4)10(2)18(15)3/h6-8H,5,9H2,1-4H3. The van der Waals surface area contributed by atoms with E-state index in [4.69, 9.17) is 16.3 Å². The number of hydrogen-bond acceptors (Lipinski definition) is 5. The summed E-state index contributed by atoms with van der Waals surface area (Å²) in [7, 11) is 3.24. The van der Waals surface area contributed by atoms with Crippen LogP contribution in [0.3, 0.4) is 0 Å². The largest absolute Gasteiger partial charge is 0.489 e. The molecule has 0 aliphatic carbocycles. The first-order valence-electron chi connectivity index (χ1n) is 7.13. The fourth-order valence-corrected chi connectivity index (χ4v) is 2.68. The smallest absolute Gasteiger partial charge is 0.352 e. The molecule has 8 heteroatoms. The van der Waals surface area contributed by atoms with Crippen LogP contribution in [0.25, 0.3) is 0 Å².